The standard InChI is InChI=1S/2C24H29NO5/c2*1-3-30-24(29)17(2)15-21(25-22(26)13-14-23(27)28)16-18-9-11-20(12-10-18)19-7-5-4-6-8-19/h2*4-12,17,21H,3,13-16H2,1-2H3,(H,25,26)(H,27,28)/t2*17-,21+/m11/s1. The van der Waals surface area contributed by atoms with E-state index in [4.69, 9.17) is 19.7 Å². The Kier molecular flexibility index (Phi) is 20.8. The fourth-order valence-electron chi connectivity index (χ4n) is 6.54. The molecule has 0 aliphatic carbocycles. The van der Waals surface area contributed by atoms with Gasteiger partial charge in [-0.1, -0.05) is 123 Å². The predicted octanol–water partition coefficient (Wildman–Crippen LogP) is 7.67. The van der Waals surface area contributed by atoms with Gasteiger partial charge in [0.1, 0.15) is 0 Å². The molecule has 4 rings (SSSR count). The Morgan fingerprint density at radius 1 is 0.483 bits per heavy atom. The van der Waals surface area contributed by atoms with Gasteiger partial charge < -0.3 is 30.3 Å². The molecule has 0 saturated heterocycles. The van der Waals surface area contributed by atoms with E-state index in [2.05, 4.69) is 10.6 Å². The summed E-state index contributed by atoms with van der Waals surface area (Å²) in [5.74, 6) is -4.06. The molecule has 4 aromatic carbocycles. The van der Waals surface area contributed by atoms with Crippen LogP contribution in [0.1, 0.15) is 77.3 Å². The zero-order valence-corrected chi connectivity index (χ0v) is 34.9. The molecule has 4 atom stereocenters. The van der Waals surface area contributed by atoms with Crippen LogP contribution in [0.25, 0.3) is 22.3 Å². The number of carbonyl (C=O) groups is 6. The second kappa shape index (κ2) is 25.9. The minimum atomic E-state index is -1.02. The fraction of sp³-hybridized carbons (Fsp3) is 0.375. The van der Waals surface area contributed by atoms with E-state index in [1.165, 1.54) is 0 Å². The van der Waals surface area contributed by atoms with Crippen LogP contribution < -0.4 is 10.6 Å². The van der Waals surface area contributed by atoms with E-state index in [0.29, 0.717) is 38.9 Å². The SMILES string of the molecule is CCOC(=O)[C@H](C)C[C@@H](Cc1ccc(-c2ccccc2)cc1)NC(=O)CCC(=O)O.CCOC(=O)[C@H](C)C[C@@H](Cc1ccc(-c2ccccc2)cc1)NC(=O)CCC(=O)O. The summed E-state index contributed by atoms with van der Waals surface area (Å²) in [7, 11) is 0. The molecule has 12 heteroatoms. The van der Waals surface area contributed by atoms with Crippen molar-refractivity contribution in [2.45, 2.75) is 91.1 Å². The number of rotatable bonds is 22. The quantitative estimate of drug-likeness (QED) is 0.0574. The molecule has 320 valence electrons. The van der Waals surface area contributed by atoms with Crippen LogP contribution in [0.15, 0.2) is 109 Å². The highest BCUT2D eigenvalue weighted by atomic mass is 16.5. The first kappa shape index (κ1) is 48.1. The lowest BCUT2D eigenvalue weighted by atomic mass is 9.94. The number of nitrogens with one attached hydrogen (secondary N) is 2. The van der Waals surface area contributed by atoms with Gasteiger partial charge in [-0.2, -0.15) is 0 Å². The molecule has 0 radical (unpaired) electrons. The molecule has 0 heterocycles. The van der Waals surface area contributed by atoms with Crippen LogP contribution in [0.2, 0.25) is 0 Å². The van der Waals surface area contributed by atoms with E-state index in [0.717, 1.165) is 33.4 Å². The van der Waals surface area contributed by atoms with Gasteiger partial charge in [0.05, 0.1) is 37.9 Å². The number of esters is 2. The van der Waals surface area contributed by atoms with Gasteiger partial charge in [-0.15, -0.1) is 0 Å². The average Bonchev–Trinajstić information content (AvgIpc) is 3.23. The summed E-state index contributed by atoms with van der Waals surface area (Å²) >= 11 is 0. The van der Waals surface area contributed by atoms with E-state index < -0.39 is 11.9 Å². The molecule has 0 aliphatic rings. The Bertz CT molecular complexity index is 1810. The van der Waals surface area contributed by atoms with Crippen LogP contribution in [0, 0.1) is 11.8 Å². The van der Waals surface area contributed by atoms with Gasteiger partial charge in [0.25, 0.3) is 0 Å². The summed E-state index contributed by atoms with van der Waals surface area (Å²) in [5.41, 5.74) is 6.49. The van der Waals surface area contributed by atoms with Crippen LogP contribution in [0.5, 0.6) is 0 Å². The van der Waals surface area contributed by atoms with Gasteiger partial charge in [0, 0.05) is 24.9 Å². The summed E-state index contributed by atoms with van der Waals surface area (Å²) in [4.78, 5) is 69.8. The highest BCUT2D eigenvalue weighted by Crippen LogP contribution is 2.23. The van der Waals surface area contributed by atoms with Crippen LogP contribution in [-0.2, 0) is 51.1 Å². The molecule has 0 aromatic heterocycles. The normalized spacial score (nSPS) is 12.6. The first-order valence-corrected chi connectivity index (χ1v) is 20.4. The first-order chi connectivity index (χ1) is 28.8. The number of ether oxygens (including phenoxy) is 2. The van der Waals surface area contributed by atoms with Crippen LogP contribution in [0.4, 0.5) is 0 Å². The second-order valence-corrected chi connectivity index (χ2v) is 14.6. The summed E-state index contributed by atoms with van der Waals surface area (Å²) in [5, 5.41) is 23.3. The lowest BCUT2D eigenvalue weighted by molar-refractivity contribution is -0.148. The molecule has 0 fully saturated rings. The van der Waals surface area contributed by atoms with Crippen molar-refractivity contribution in [2.75, 3.05) is 13.2 Å². The minimum absolute atomic E-state index is 0.0907. The van der Waals surface area contributed by atoms with Crippen molar-refractivity contribution in [2.24, 2.45) is 11.8 Å². The van der Waals surface area contributed by atoms with Crippen molar-refractivity contribution in [1.82, 2.24) is 10.6 Å². The third-order valence-corrected chi connectivity index (χ3v) is 9.60. The van der Waals surface area contributed by atoms with Gasteiger partial charge in [-0.25, -0.2) is 0 Å². The molecule has 4 aromatic rings. The summed E-state index contributed by atoms with van der Waals surface area (Å²) in [6, 6.07) is 35.6. The average molecular weight is 823 g/mol. The number of benzene rings is 4. The third kappa shape index (κ3) is 18.1. The lowest BCUT2D eigenvalue weighted by Crippen LogP contribution is -2.39. The first-order valence-electron chi connectivity index (χ1n) is 20.4. The summed E-state index contributed by atoms with van der Waals surface area (Å²) in [6.45, 7) is 7.66. The molecule has 4 N–H and O–H groups in total. The number of hydrogen-bond acceptors (Lipinski definition) is 8. The minimum Gasteiger partial charge on any atom is -0.481 e. The van der Waals surface area contributed by atoms with Crippen molar-refractivity contribution in [1.29, 1.82) is 0 Å². The lowest BCUT2D eigenvalue weighted by Gasteiger charge is -2.22. The number of carbonyl (C=O) groups excluding carboxylic acids is 4. The Morgan fingerprint density at radius 2 is 0.800 bits per heavy atom. The Balaban J connectivity index is 0.000000320. The number of carboxylic acids is 2. The number of amides is 2. The molecular formula is C48H58N2O10. The number of aliphatic carboxylic acids is 2. The van der Waals surface area contributed by atoms with Crippen molar-refractivity contribution in [3.05, 3.63) is 120 Å². The Hall–Kier alpha value is -6.30. The van der Waals surface area contributed by atoms with Gasteiger partial charge in [0.15, 0.2) is 0 Å². The molecule has 60 heavy (non-hydrogen) atoms. The second-order valence-electron chi connectivity index (χ2n) is 14.6. The predicted molar refractivity (Wildman–Crippen MR) is 230 cm³/mol. The topological polar surface area (TPSA) is 185 Å². The van der Waals surface area contributed by atoms with E-state index in [1.54, 1.807) is 27.7 Å². The monoisotopic (exact) mass is 822 g/mol. The molecule has 0 aliphatic heterocycles. The smallest absolute Gasteiger partial charge is 0.308 e. The molecule has 0 saturated carbocycles. The Morgan fingerprint density at radius 3 is 1.10 bits per heavy atom. The van der Waals surface area contributed by atoms with Crippen LogP contribution >= 0.6 is 0 Å². The molecular weight excluding hydrogens is 765 g/mol. The number of carboxylic acid groups (broad SMARTS) is 2. The molecule has 0 bridgehead atoms. The van der Waals surface area contributed by atoms with E-state index in [-0.39, 0.29) is 73.4 Å². The van der Waals surface area contributed by atoms with Gasteiger partial charge in [0.2, 0.25) is 11.8 Å². The zero-order chi connectivity index (χ0) is 43.9. The maximum atomic E-state index is 12.2. The highest BCUT2D eigenvalue weighted by molar-refractivity contribution is 5.81. The van der Waals surface area contributed by atoms with Gasteiger partial charge >= 0.3 is 23.9 Å². The largest absolute Gasteiger partial charge is 0.481 e. The molecule has 0 spiro atoms. The zero-order valence-electron chi connectivity index (χ0n) is 34.9. The molecule has 12 nitrogen and oxygen atoms in total. The van der Waals surface area contributed by atoms with Crippen molar-refractivity contribution >= 4 is 35.7 Å². The third-order valence-electron chi connectivity index (χ3n) is 9.60. The number of hydrogen-bond donors (Lipinski definition) is 4. The van der Waals surface area contributed by atoms with E-state index >= 15 is 0 Å². The maximum absolute atomic E-state index is 12.2. The Labute approximate surface area is 352 Å². The summed E-state index contributed by atoms with van der Waals surface area (Å²) < 4.78 is 10.1. The highest BCUT2D eigenvalue weighted by Gasteiger charge is 2.24. The fourth-order valence-corrected chi connectivity index (χ4v) is 6.54. The van der Waals surface area contributed by atoms with Crippen molar-refractivity contribution in [3.63, 3.8) is 0 Å². The summed E-state index contributed by atoms with van der Waals surface area (Å²) in [6.07, 6.45) is 1.28. The van der Waals surface area contributed by atoms with Crippen LogP contribution in [0.3, 0.4) is 0 Å². The molecule has 0 unspecified atom stereocenters. The molecule has 2 amide bonds. The van der Waals surface area contributed by atoms with E-state index in [1.807, 2.05) is 109 Å². The van der Waals surface area contributed by atoms with E-state index in [9.17, 15) is 28.8 Å². The van der Waals surface area contributed by atoms with Gasteiger partial charge in [-0.3, -0.25) is 28.8 Å². The van der Waals surface area contributed by atoms with Gasteiger partial charge in [-0.05, 0) is 72.9 Å². The van der Waals surface area contributed by atoms with Crippen molar-refractivity contribution < 1.29 is 48.5 Å². The van der Waals surface area contributed by atoms with Crippen molar-refractivity contribution in [3.8, 4) is 22.3 Å². The van der Waals surface area contributed by atoms with Crippen LogP contribution in [-0.4, -0.2) is 71.2 Å². The maximum Gasteiger partial charge on any atom is 0.308 e.